The summed E-state index contributed by atoms with van der Waals surface area (Å²) in [7, 11) is -3.52. The molecule has 1 fully saturated rings. The lowest BCUT2D eigenvalue weighted by Gasteiger charge is -2.18. The number of hydrogen-bond acceptors (Lipinski definition) is 3. The predicted molar refractivity (Wildman–Crippen MR) is 101 cm³/mol. The van der Waals surface area contributed by atoms with E-state index in [0.717, 1.165) is 36.3 Å². The highest BCUT2D eigenvalue weighted by molar-refractivity contribution is 7.89. The van der Waals surface area contributed by atoms with E-state index < -0.39 is 10.0 Å². The first-order valence-corrected chi connectivity index (χ1v) is 10.3. The molecule has 2 aromatic carbocycles. The van der Waals surface area contributed by atoms with Crippen molar-refractivity contribution in [2.45, 2.75) is 44.7 Å². The van der Waals surface area contributed by atoms with Gasteiger partial charge in [0, 0.05) is 13.1 Å². The van der Waals surface area contributed by atoms with Crippen LogP contribution in [0.15, 0.2) is 47.4 Å². The number of nitrogens with one attached hydrogen (secondary N) is 1. The molecular formula is C20H26N2O2S. The molecule has 0 bridgehead atoms. The molecule has 0 spiro atoms. The summed E-state index contributed by atoms with van der Waals surface area (Å²) in [6.45, 7) is 7.20. The summed E-state index contributed by atoms with van der Waals surface area (Å²) in [6.07, 6.45) is 2.50. The number of aryl methyl sites for hydroxylation is 2. The molecule has 2 aromatic rings. The number of sulfonamides is 1. The van der Waals surface area contributed by atoms with E-state index in [1.807, 2.05) is 44.2 Å². The van der Waals surface area contributed by atoms with Crippen LogP contribution in [0.5, 0.6) is 0 Å². The fourth-order valence-electron chi connectivity index (χ4n) is 3.31. The first-order chi connectivity index (χ1) is 12.0. The fraction of sp³-hybridized carbons (Fsp3) is 0.400. The summed E-state index contributed by atoms with van der Waals surface area (Å²) < 4.78 is 28.2. The Hall–Kier alpha value is -1.69. The number of nitrogens with zero attached hydrogens (tertiary/aromatic N) is 1. The van der Waals surface area contributed by atoms with Gasteiger partial charge in [0.05, 0.1) is 4.90 Å². The van der Waals surface area contributed by atoms with Gasteiger partial charge in [-0.1, -0.05) is 36.4 Å². The fourth-order valence-corrected chi connectivity index (χ4v) is 4.65. The van der Waals surface area contributed by atoms with Crippen LogP contribution in [-0.4, -0.2) is 26.4 Å². The summed E-state index contributed by atoms with van der Waals surface area (Å²) in [5.74, 6) is 0. The maximum absolute atomic E-state index is 12.7. The zero-order valence-corrected chi connectivity index (χ0v) is 15.8. The van der Waals surface area contributed by atoms with Gasteiger partial charge in [-0.3, -0.25) is 4.90 Å². The second-order valence-electron chi connectivity index (χ2n) is 6.85. The highest BCUT2D eigenvalue weighted by Gasteiger charge is 2.18. The average Bonchev–Trinajstić information content (AvgIpc) is 3.09. The third-order valence-electron chi connectivity index (χ3n) is 4.80. The zero-order valence-electron chi connectivity index (χ0n) is 15.0. The Morgan fingerprint density at radius 2 is 1.68 bits per heavy atom. The molecule has 4 nitrogen and oxygen atoms in total. The first kappa shape index (κ1) is 18.1. The topological polar surface area (TPSA) is 49.4 Å². The molecule has 0 aliphatic carbocycles. The van der Waals surface area contributed by atoms with Gasteiger partial charge in [-0.25, -0.2) is 13.1 Å². The summed E-state index contributed by atoms with van der Waals surface area (Å²) in [4.78, 5) is 2.79. The quantitative estimate of drug-likeness (QED) is 0.861. The summed E-state index contributed by atoms with van der Waals surface area (Å²) in [5, 5.41) is 0. The van der Waals surface area contributed by atoms with Crippen molar-refractivity contribution in [1.29, 1.82) is 0 Å². The van der Waals surface area contributed by atoms with Crippen molar-refractivity contribution >= 4 is 10.0 Å². The summed E-state index contributed by atoms with van der Waals surface area (Å²) in [6, 6.07) is 13.6. The van der Waals surface area contributed by atoms with Crippen LogP contribution in [0.2, 0.25) is 0 Å². The number of likely N-dealkylation sites (tertiary alicyclic amines) is 1. The lowest BCUT2D eigenvalue weighted by atomic mass is 10.1. The van der Waals surface area contributed by atoms with Gasteiger partial charge < -0.3 is 0 Å². The largest absolute Gasteiger partial charge is 0.299 e. The lowest BCUT2D eigenvalue weighted by Crippen LogP contribution is -2.26. The first-order valence-electron chi connectivity index (χ1n) is 8.82. The predicted octanol–water partition coefficient (Wildman–Crippen LogP) is 3.38. The van der Waals surface area contributed by atoms with Crippen molar-refractivity contribution in [3.8, 4) is 0 Å². The van der Waals surface area contributed by atoms with Gasteiger partial charge in [-0.2, -0.15) is 0 Å². The highest BCUT2D eigenvalue weighted by atomic mass is 32.2. The van der Waals surface area contributed by atoms with E-state index in [2.05, 4.69) is 15.7 Å². The van der Waals surface area contributed by atoms with Crippen LogP contribution in [0.4, 0.5) is 0 Å². The van der Waals surface area contributed by atoms with E-state index in [9.17, 15) is 8.42 Å². The number of hydrogen-bond donors (Lipinski definition) is 1. The molecule has 134 valence electrons. The Kier molecular flexibility index (Phi) is 5.57. The SMILES string of the molecule is Cc1ccc(C)c(S(=O)(=O)NCc2ccccc2CN2CCCC2)c1. The number of rotatable bonds is 6. The second kappa shape index (κ2) is 7.68. The minimum absolute atomic E-state index is 0.319. The van der Waals surface area contributed by atoms with Crippen molar-refractivity contribution in [1.82, 2.24) is 9.62 Å². The van der Waals surface area contributed by atoms with Gasteiger partial charge in [0.1, 0.15) is 0 Å². The van der Waals surface area contributed by atoms with Gasteiger partial charge in [0.15, 0.2) is 0 Å². The van der Waals surface area contributed by atoms with Crippen LogP contribution in [-0.2, 0) is 23.1 Å². The molecule has 25 heavy (non-hydrogen) atoms. The second-order valence-corrected chi connectivity index (χ2v) is 8.58. The molecule has 0 radical (unpaired) electrons. The highest BCUT2D eigenvalue weighted by Crippen LogP contribution is 2.19. The molecule has 0 atom stereocenters. The molecule has 0 aromatic heterocycles. The van der Waals surface area contributed by atoms with Crippen LogP contribution >= 0.6 is 0 Å². The van der Waals surface area contributed by atoms with Crippen LogP contribution in [0.25, 0.3) is 0 Å². The molecule has 1 aliphatic heterocycles. The van der Waals surface area contributed by atoms with Gasteiger partial charge in [-0.15, -0.1) is 0 Å². The van der Waals surface area contributed by atoms with Crippen molar-refractivity contribution < 1.29 is 8.42 Å². The molecule has 1 saturated heterocycles. The maximum Gasteiger partial charge on any atom is 0.241 e. The minimum Gasteiger partial charge on any atom is -0.299 e. The molecule has 1 N–H and O–H groups in total. The van der Waals surface area contributed by atoms with Crippen molar-refractivity contribution in [3.63, 3.8) is 0 Å². The van der Waals surface area contributed by atoms with Gasteiger partial charge in [0.2, 0.25) is 10.0 Å². The molecule has 1 heterocycles. The van der Waals surface area contributed by atoms with E-state index in [1.165, 1.54) is 18.4 Å². The smallest absolute Gasteiger partial charge is 0.241 e. The van der Waals surface area contributed by atoms with E-state index in [0.29, 0.717) is 11.4 Å². The van der Waals surface area contributed by atoms with E-state index in [-0.39, 0.29) is 0 Å². The Morgan fingerprint density at radius 3 is 2.40 bits per heavy atom. The molecular weight excluding hydrogens is 332 g/mol. The molecule has 0 amide bonds. The molecule has 3 rings (SSSR count). The van der Waals surface area contributed by atoms with Gasteiger partial charge in [-0.05, 0) is 68.1 Å². The van der Waals surface area contributed by atoms with E-state index in [1.54, 1.807) is 6.07 Å². The van der Waals surface area contributed by atoms with Crippen LogP contribution in [0.3, 0.4) is 0 Å². The Balaban J connectivity index is 1.75. The van der Waals surface area contributed by atoms with Crippen LogP contribution in [0.1, 0.15) is 35.1 Å². The monoisotopic (exact) mass is 358 g/mol. The maximum atomic E-state index is 12.7. The standard InChI is InChI=1S/C20H26N2O2S/c1-16-9-10-17(2)20(13-16)25(23,24)21-14-18-7-3-4-8-19(18)15-22-11-5-6-12-22/h3-4,7-10,13,21H,5-6,11-12,14-15H2,1-2H3. The lowest BCUT2D eigenvalue weighted by molar-refractivity contribution is 0.330. The minimum atomic E-state index is -3.52. The van der Waals surface area contributed by atoms with Crippen LogP contribution in [0, 0.1) is 13.8 Å². The van der Waals surface area contributed by atoms with Crippen molar-refractivity contribution in [2.24, 2.45) is 0 Å². The average molecular weight is 359 g/mol. The van der Waals surface area contributed by atoms with Crippen molar-refractivity contribution in [2.75, 3.05) is 13.1 Å². The Labute approximate surface area is 150 Å². The Bertz CT molecular complexity index is 841. The molecule has 1 aliphatic rings. The third-order valence-corrected chi connectivity index (χ3v) is 6.34. The van der Waals surface area contributed by atoms with Crippen molar-refractivity contribution in [3.05, 3.63) is 64.7 Å². The molecule has 0 unspecified atom stereocenters. The van der Waals surface area contributed by atoms with E-state index >= 15 is 0 Å². The van der Waals surface area contributed by atoms with Gasteiger partial charge in [0.25, 0.3) is 0 Å². The third kappa shape index (κ3) is 4.48. The summed E-state index contributed by atoms with van der Waals surface area (Å²) in [5.41, 5.74) is 3.96. The number of benzene rings is 2. The Morgan fingerprint density at radius 1 is 1.00 bits per heavy atom. The molecule has 0 saturated carbocycles. The zero-order chi connectivity index (χ0) is 17.9. The normalized spacial score (nSPS) is 15.6. The van der Waals surface area contributed by atoms with Crippen LogP contribution < -0.4 is 4.72 Å². The van der Waals surface area contributed by atoms with Gasteiger partial charge >= 0.3 is 0 Å². The summed E-state index contributed by atoms with van der Waals surface area (Å²) >= 11 is 0. The van der Waals surface area contributed by atoms with E-state index in [4.69, 9.17) is 0 Å². The molecule has 5 heteroatoms.